The standard InChI is InChI=1S/C73H131O38P/c1-3-5-7-9-11-13-15-17-18-20-22-24-26-28-30-32-47(77)103-40(35-98-46(76)31-29-27-25-23-21-19-16-14-12-10-8-6-4-2)36-102-112(96,97)111-68-66(109-72-64(94)54(84)49(79)42(34-75)105-72)59(89)58(88)60(90)67(68)110-73-65(95)57(87)52(82)45(108-73)39-101-71-63(93)56(86)51(81)44(107-71)38-100-70-62(92)55(85)50(80)43(106-70)37-99-69-61(91)53(83)48(78)41(33-74)104-69/h17-18,40-45,48-75,78-95H,3-16,19-39H2,1-2H3,(H,96,97)/b18-17-/t40-,41?,42?,43?,44?,45?,48+,49-,50+,51+,52+,53?,54?,55?,56?,57?,58+,59?,60?,61+,62+,63+,64-,65+,66-,67?,68+,69-,70-,71-,72-,73+/m1/s1. The average Bonchev–Trinajstić information content (AvgIpc) is 0.759. The van der Waals surface area contributed by atoms with E-state index in [2.05, 4.69) is 26.0 Å². The van der Waals surface area contributed by atoms with Crippen LogP contribution < -0.4 is 0 Å². The van der Waals surface area contributed by atoms with Gasteiger partial charge in [-0.3, -0.25) is 18.6 Å². The third-order valence-corrected chi connectivity index (χ3v) is 22.1. The number of aliphatic hydroxyl groups is 20. The summed E-state index contributed by atoms with van der Waals surface area (Å²) >= 11 is 0. The lowest BCUT2D eigenvalue weighted by atomic mass is 9.84. The van der Waals surface area contributed by atoms with Gasteiger partial charge in [-0.15, -0.1) is 0 Å². The van der Waals surface area contributed by atoms with Gasteiger partial charge in [-0.1, -0.05) is 154 Å². The normalized spacial score (nSPS) is 38.2. The lowest BCUT2D eigenvalue weighted by molar-refractivity contribution is -0.365. The van der Waals surface area contributed by atoms with Crippen LogP contribution in [0, 0.1) is 0 Å². The first-order chi connectivity index (χ1) is 53.5. The van der Waals surface area contributed by atoms with Gasteiger partial charge in [-0.2, -0.15) is 0 Å². The second-order valence-corrected chi connectivity index (χ2v) is 31.5. The minimum atomic E-state index is -5.86. The van der Waals surface area contributed by atoms with E-state index in [-0.39, 0.29) is 12.8 Å². The number of carbonyl (C=O) groups is 2. The number of hydrogen-bond donors (Lipinski definition) is 21. The van der Waals surface area contributed by atoms with Crippen molar-refractivity contribution >= 4 is 19.8 Å². The number of hydrogen-bond acceptors (Lipinski definition) is 37. The Morgan fingerprint density at radius 2 is 0.643 bits per heavy atom. The Balaban J connectivity index is 1.13. The minimum absolute atomic E-state index is 0.0191. The van der Waals surface area contributed by atoms with Crippen molar-refractivity contribution in [1.82, 2.24) is 0 Å². The smallest absolute Gasteiger partial charge is 0.462 e. The van der Waals surface area contributed by atoms with E-state index < -0.39 is 262 Å². The van der Waals surface area contributed by atoms with Gasteiger partial charge in [0.2, 0.25) is 0 Å². The fraction of sp³-hybridized carbons (Fsp3) is 0.945. The predicted octanol–water partition coefficient (Wildman–Crippen LogP) is -2.60. The number of aliphatic hydroxyl groups excluding tert-OH is 20. The van der Waals surface area contributed by atoms with E-state index in [1.165, 1.54) is 70.6 Å². The molecule has 0 spiro atoms. The molecule has 6 fully saturated rings. The maximum atomic E-state index is 14.5. The van der Waals surface area contributed by atoms with E-state index in [1.54, 1.807) is 0 Å². The highest BCUT2D eigenvalue weighted by molar-refractivity contribution is 7.47. The molecule has 6 aliphatic rings. The molecular weight excluding hydrogens is 1520 g/mol. The Morgan fingerprint density at radius 3 is 1.01 bits per heavy atom. The fourth-order valence-corrected chi connectivity index (χ4v) is 15.0. The van der Waals surface area contributed by atoms with Crippen molar-refractivity contribution in [1.29, 1.82) is 0 Å². The monoisotopic (exact) mass is 1650 g/mol. The summed E-state index contributed by atoms with van der Waals surface area (Å²) in [5.74, 6) is -1.48. The number of unbranched alkanes of at least 4 members (excludes halogenated alkanes) is 23. The first-order valence-electron chi connectivity index (χ1n) is 40.1. The molecule has 21 N–H and O–H groups in total. The van der Waals surface area contributed by atoms with Crippen LogP contribution in [-0.4, -0.2) is 361 Å². The number of phosphoric ester groups is 1. The zero-order valence-electron chi connectivity index (χ0n) is 64.2. The molecule has 112 heavy (non-hydrogen) atoms. The maximum Gasteiger partial charge on any atom is 0.472 e. The van der Waals surface area contributed by atoms with E-state index in [9.17, 15) is 121 Å². The number of esters is 2. The van der Waals surface area contributed by atoms with Gasteiger partial charge >= 0.3 is 19.8 Å². The van der Waals surface area contributed by atoms with Crippen molar-refractivity contribution in [3.05, 3.63) is 12.2 Å². The Bertz CT molecular complexity index is 2640. The molecule has 0 aromatic heterocycles. The van der Waals surface area contributed by atoms with Gasteiger partial charge in [-0.25, -0.2) is 4.57 Å². The highest BCUT2D eigenvalue weighted by Gasteiger charge is 2.59. The summed E-state index contributed by atoms with van der Waals surface area (Å²) < 4.78 is 92.9. The zero-order chi connectivity index (χ0) is 82.2. The summed E-state index contributed by atoms with van der Waals surface area (Å²) in [6.07, 6.45) is -35.5. The van der Waals surface area contributed by atoms with Crippen molar-refractivity contribution in [3.63, 3.8) is 0 Å². The van der Waals surface area contributed by atoms with Crippen molar-refractivity contribution in [3.8, 4) is 0 Å². The van der Waals surface area contributed by atoms with Gasteiger partial charge < -0.3 is 164 Å². The van der Waals surface area contributed by atoms with Gasteiger partial charge in [0.15, 0.2) is 37.6 Å². The largest absolute Gasteiger partial charge is 0.472 e. The molecule has 0 radical (unpaired) electrons. The SMILES string of the molecule is CCCCCCCC/C=C\CCCCCCCC(=O)O[C@H](COC(=O)CCCCCCCCCCCCCCC)COP(=O)(O)O[C@@H]1C(O[C@@H]2OC(CO[C@@H]3OC(CO[C@@H]4OC(CO[C@@H]5OC(CO)[C@H](O)C(O)[C@@H]5O)[C@H](O)C(O)[C@@H]4O)[C@H](O)C(O)[C@@H]3O)[C@H](O)C(O)[C@@H]2O)C(O)[C@@H](O)C(O)[C@H]1O[C@H]1OC(CO)[C@@H](O)C(O)[C@H]1O. The lowest BCUT2D eigenvalue weighted by Crippen LogP contribution is -2.69. The van der Waals surface area contributed by atoms with Gasteiger partial charge in [0.25, 0.3) is 0 Å². The average molecular weight is 1650 g/mol. The number of ether oxygens (including phenoxy) is 12. The Labute approximate surface area is 652 Å². The molecule has 5 aliphatic heterocycles. The van der Waals surface area contributed by atoms with E-state index in [0.717, 1.165) is 77.0 Å². The first-order valence-corrected chi connectivity index (χ1v) is 41.6. The van der Waals surface area contributed by atoms with E-state index in [0.29, 0.717) is 19.3 Å². The third-order valence-electron chi connectivity index (χ3n) is 21.1. The highest BCUT2D eigenvalue weighted by Crippen LogP contribution is 2.49. The van der Waals surface area contributed by atoms with Crippen LogP contribution in [0.5, 0.6) is 0 Å². The molecule has 6 rings (SSSR count). The highest BCUT2D eigenvalue weighted by atomic mass is 31.2. The summed E-state index contributed by atoms with van der Waals surface area (Å²) in [5, 5.41) is 217. The molecule has 0 aromatic rings. The second-order valence-electron chi connectivity index (χ2n) is 30.1. The van der Waals surface area contributed by atoms with Crippen LogP contribution in [0.3, 0.4) is 0 Å². The summed E-state index contributed by atoms with van der Waals surface area (Å²) in [4.78, 5) is 38.3. The van der Waals surface area contributed by atoms with Crippen LogP contribution in [-0.2, 0) is 80.0 Å². The molecule has 1 aliphatic carbocycles. The second kappa shape index (κ2) is 51.3. The van der Waals surface area contributed by atoms with Crippen molar-refractivity contribution < 1.29 is 187 Å². The molecule has 38 nitrogen and oxygen atoms in total. The Morgan fingerprint density at radius 1 is 0.348 bits per heavy atom. The van der Waals surface area contributed by atoms with Gasteiger partial charge in [-0.05, 0) is 38.5 Å². The molecule has 0 aromatic carbocycles. The summed E-state index contributed by atoms with van der Waals surface area (Å²) in [6, 6.07) is 0. The van der Waals surface area contributed by atoms with Gasteiger partial charge in [0.05, 0.1) is 39.6 Å². The molecule has 39 heteroatoms. The van der Waals surface area contributed by atoms with Gasteiger partial charge in [0, 0.05) is 12.8 Å². The molecular formula is C73H131O38P. The Kier molecular flexibility index (Phi) is 45.0. The van der Waals surface area contributed by atoms with Crippen LogP contribution in [0.4, 0.5) is 0 Å². The number of allylic oxidation sites excluding steroid dienone is 2. The summed E-state index contributed by atoms with van der Waals surface area (Å²) in [5.41, 5.74) is 0. The van der Waals surface area contributed by atoms with E-state index >= 15 is 0 Å². The number of carbonyl (C=O) groups excluding carboxylic acids is 2. The molecule has 0 bridgehead atoms. The molecule has 33 atom stereocenters. The minimum Gasteiger partial charge on any atom is -0.462 e. The Hall–Kier alpha value is -2.41. The fourth-order valence-electron chi connectivity index (χ4n) is 14.0. The molecule has 5 saturated heterocycles. The van der Waals surface area contributed by atoms with Crippen molar-refractivity contribution in [2.45, 2.75) is 390 Å². The van der Waals surface area contributed by atoms with Crippen LogP contribution in [0.25, 0.3) is 0 Å². The van der Waals surface area contributed by atoms with Crippen LogP contribution in [0.15, 0.2) is 12.2 Å². The zero-order valence-corrected chi connectivity index (χ0v) is 65.1. The topological polar surface area (TPSA) is 605 Å². The van der Waals surface area contributed by atoms with Gasteiger partial charge in [0.1, 0.15) is 165 Å². The predicted molar refractivity (Wildman–Crippen MR) is 384 cm³/mol. The van der Waals surface area contributed by atoms with Crippen LogP contribution in [0.2, 0.25) is 0 Å². The van der Waals surface area contributed by atoms with Crippen LogP contribution >= 0.6 is 7.82 Å². The van der Waals surface area contributed by atoms with Crippen molar-refractivity contribution in [2.24, 2.45) is 0 Å². The first kappa shape index (κ1) is 98.4. The van der Waals surface area contributed by atoms with Crippen LogP contribution in [0.1, 0.15) is 194 Å². The van der Waals surface area contributed by atoms with E-state index in [1.807, 2.05) is 0 Å². The summed E-state index contributed by atoms with van der Waals surface area (Å²) in [7, 11) is -5.86. The lowest BCUT2D eigenvalue weighted by Gasteiger charge is -2.49. The summed E-state index contributed by atoms with van der Waals surface area (Å²) in [6.45, 7) is -1.91. The van der Waals surface area contributed by atoms with E-state index in [4.69, 9.17) is 65.9 Å². The molecule has 14 unspecified atom stereocenters. The molecule has 1 saturated carbocycles. The quantitative estimate of drug-likeness (QED) is 0.0129. The maximum absolute atomic E-state index is 14.5. The molecule has 5 heterocycles. The third kappa shape index (κ3) is 30.4. The number of phosphoric acid groups is 1. The number of rotatable bonds is 52. The molecule has 656 valence electrons. The molecule has 0 amide bonds. The van der Waals surface area contributed by atoms with Crippen molar-refractivity contribution in [2.75, 3.05) is 46.2 Å².